The van der Waals surface area contributed by atoms with Crippen molar-refractivity contribution in [1.82, 2.24) is 5.06 Å². The van der Waals surface area contributed by atoms with E-state index in [1.54, 1.807) is 36.4 Å². The van der Waals surface area contributed by atoms with Gasteiger partial charge in [-0.05, 0) is 59.2 Å². The number of fused-ring (bicyclic) bond motifs is 1. The van der Waals surface area contributed by atoms with Gasteiger partial charge in [-0.15, -0.1) is 5.06 Å². The van der Waals surface area contributed by atoms with Crippen LogP contribution in [0.15, 0.2) is 100 Å². The van der Waals surface area contributed by atoms with Crippen LogP contribution >= 0.6 is 11.6 Å². The molecule has 0 radical (unpaired) electrons. The number of hydrogen-bond acceptors (Lipinski definition) is 7. The molecule has 5 aromatic rings. The number of aliphatic carboxylic acids is 1. The first-order valence-electron chi connectivity index (χ1n) is 11.7. The zero-order chi connectivity index (χ0) is 26.6. The summed E-state index contributed by atoms with van der Waals surface area (Å²) in [5.41, 5.74) is 3.55. The number of carboxylic acid groups (broad SMARTS) is 1. The summed E-state index contributed by atoms with van der Waals surface area (Å²) in [6.07, 6.45) is 2.91. The van der Waals surface area contributed by atoms with Gasteiger partial charge in [0.2, 0.25) is 5.76 Å². The summed E-state index contributed by atoms with van der Waals surface area (Å²) in [6, 6.07) is 21.0. The van der Waals surface area contributed by atoms with E-state index in [1.165, 1.54) is 24.7 Å². The number of furan rings is 2. The van der Waals surface area contributed by atoms with Crippen LogP contribution in [0.4, 0.5) is 0 Å². The molecule has 2 aromatic heterocycles. The van der Waals surface area contributed by atoms with Gasteiger partial charge in [-0.1, -0.05) is 48.0 Å². The van der Waals surface area contributed by atoms with Crippen molar-refractivity contribution in [2.45, 2.75) is 19.0 Å². The third-order valence-corrected chi connectivity index (χ3v) is 6.27. The van der Waals surface area contributed by atoms with Gasteiger partial charge in [0.25, 0.3) is 0 Å². The molecule has 5 rings (SSSR count). The minimum atomic E-state index is -1.22. The monoisotopic (exact) mass is 531 g/mol. The molecular weight excluding hydrogens is 510 g/mol. The number of carbonyl (C=O) groups excluding carboxylic acids is 1. The van der Waals surface area contributed by atoms with Crippen molar-refractivity contribution in [2.75, 3.05) is 0 Å². The van der Waals surface area contributed by atoms with Crippen molar-refractivity contribution >= 4 is 34.5 Å². The van der Waals surface area contributed by atoms with Crippen molar-refractivity contribution in [3.8, 4) is 16.9 Å². The molecule has 0 aliphatic heterocycles. The molecular formula is C29H22ClNO7. The molecule has 0 unspecified atom stereocenters. The lowest BCUT2D eigenvalue weighted by Crippen LogP contribution is -2.43. The quantitative estimate of drug-likeness (QED) is 0.212. The molecule has 0 aliphatic rings. The molecule has 8 nitrogen and oxygen atoms in total. The molecule has 0 saturated heterocycles. The molecule has 0 saturated carbocycles. The van der Waals surface area contributed by atoms with Gasteiger partial charge in [0, 0.05) is 22.4 Å². The Kier molecular flexibility index (Phi) is 7.17. The molecule has 0 bridgehead atoms. The molecule has 9 heteroatoms. The Morgan fingerprint density at radius 2 is 1.66 bits per heavy atom. The highest BCUT2D eigenvalue weighted by Crippen LogP contribution is 2.28. The van der Waals surface area contributed by atoms with Crippen LogP contribution < -0.4 is 0 Å². The van der Waals surface area contributed by atoms with E-state index in [0.717, 1.165) is 16.2 Å². The first-order valence-corrected chi connectivity index (χ1v) is 12.0. The molecule has 3 aromatic carbocycles. The summed E-state index contributed by atoms with van der Waals surface area (Å²) < 4.78 is 10.9. The molecule has 2 N–H and O–H groups in total. The maximum absolute atomic E-state index is 13.1. The predicted octanol–water partition coefficient (Wildman–Crippen LogP) is 6.32. The topological polar surface area (TPSA) is 113 Å². The predicted molar refractivity (Wildman–Crippen MR) is 140 cm³/mol. The van der Waals surface area contributed by atoms with Gasteiger partial charge >= 0.3 is 11.9 Å². The zero-order valence-electron chi connectivity index (χ0n) is 19.9. The maximum atomic E-state index is 13.1. The average Bonchev–Trinajstić information content (AvgIpc) is 3.58. The van der Waals surface area contributed by atoms with Gasteiger partial charge in [-0.2, -0.15) is 0 Å². The SMILES string of the molecule is O=C(ON(Cc1ccoc1)[C@@H](Cc1ccc(O)cc1)C(=O)O)c1cc2ccc(-c3ccc(Cl)cc3)cc2o1. The Bertz CT molecular complexity index is 1560. The smallest absolute Gasteiger partial charge is 0.393 e. The number of nitrogens with zero attached hydrogens (tertiary/aromatic N) is 1. The van der Waals surface area contributed by atoms with Gasteiger partial charge < -0.3 is 23.9 Å². The molecule has 0 spiro atoms. The fraction of sp³-hybridized carbons (Fsp3) is 0.103. The van der Waals surface area contributed by atoms with Gasteiger partial charge in [0.1, 0.15) is 17.4 Å². The first-order chi connectivity index (χ1) is 18.4. The Balaban J connectivity index is 1.41. The van der Waals surface area contributed by atoms with Gasteiger partial charge in [-0.3, -0.25) is 4.79 Å². The number of hydroxylamine groups is 2. The Labute approximate surface area is 222 Å². The number of aromatic hydroxyl groups is 1. The van der Waals surface area contributed by atoms with Crippen LogP contribution in [0, 0.1) is 0 Å². The average molecular weight is 532 g/mol. The van der Waals surface area contributed by atoms with Crippen LogP contribution in [0.25, 0.3) is 22.1 Å². The van der Waals surface area contributed by atoms with Crippen molar-refractivity contribution in [2.24, 2.45) is 0 Å². The van der Waals surface area contributed by atoms with Gasteiger partial charge in [0.05, 0.1) is 19.1 Å². The number of phenols is 1. The molecule has 0 aliphatic carbocycles. The number of halogens is 1. The Morgan fingerprint density at radius 1 is 0.921 bits per heavy atom. The normalized spacial score (nSPS) is 12.1. The highest BCUT2D eigenvalue weighted by Gasteiger charge is 2.31. The summed E-state index contributed by atoms with van der Waals surface area (Å²) in [7, 11) is 0. The van der Waals surface area contributed by atoms with Crippen molar-refractivity contribution < 1.29 is 33.5 Å². The first kappa shape index (κ1) is 25.1. The molecule has 38 heavy (non-hydrogen) atoms. The molecule has 0 amide bonds. The maximum Gasteiger partial charge on any atom is 0.393 e. The highest BCUT2D eigenvalue weighted by molar-refractivity contribution is 6.30. The van der Waals surface area contributed by atoms with Crippen LogP contribution in [0.2, 0.25) is 5.02 Å². The Hall–Kier alpha value is -4.53. The second kappa shape index (κ2) is 10.8. The number of carboxylic acids is 1. The second-order valence-corrected chi connectivity index (χ2v) is 9.12. The lowest BCUT2D eigenvalue weighted by atomic mass is 10.0. The van der Waals surface area contributed by atoms with E-state index < -0.39 is 18.0 Å². The number of phenolic OH excluding ortho intramolecular Hbond substituents is 1. The van der Waals surface area contributed by atoms with E-state index in [1.807, 2.05) is 30.3 Å². The number of carbonyl (C=O) groups is 2. The van der Waals surface area contributed by atoms with Crippen LogP contribution in [0.5, 0.6) is 5.75 Å². The highest BCUT2D eigenvalue weighted by atomic mass is 35.5. The van der Waals surface area contributed by atoms with E-state index in [2.05, 4.69) is 0 Å². The molecule has 2 heterocycles. The van der Waals surface area contributed by atoms with E-state index in [0.29, 0.717) is 27.1 Å². The van der Waals surface area contributed by atoms with Crippen molar-refractivity contribution in [3.05, 3.63) is 113 Å². The van der Waals surface area contributed by atoms with Gasteiger partial charge in [0.15, 0.2) is 0 Å². The number of rotatable bonds is 9. The second-order valence-electron chi connectivity index (χ2n) is 8.68. The largest absolute Gasteiger partial charge is 0.508 e. The van der Waals surface area contributed by atoms with Crippen LogP contribution in [0.3, 0.4) is 0 Å². The standard InChI is InChI=1S/C29H22ClNO7/c30-23-7-5-20(6-8-23)21-3-4-22-15-27(37-26(22)14-21)29(35)38-31(16-19-11-12-36-17-19)25(28(33)34)13-18-1-9-24(32)10-2-18/h1-12,14-15,17,25,32H,13,16H2,(H,33,34)/t25-/m0/s1. The minimum absolute atomic E-state index is 0.0192. The molecule has 192 valence electrons. The van der Waals surface area contributed by atoms with E-state index >= 15 is 0 Å². The summed E-state index contributed by atoms with van der Waals surface area (Å²) >= 11 is 5.99. The molecule has 0 fully saturated rings. The van der Waals surface area contributed by atoms with Crippen LogP contribution in [0.1, 0.15) is 21.7 Å². The van der Waals surface area contributed by atoms with Crippen LogP contribution in [-0.4, -0.2) is 33.3 Å². The lowest BCUT2D eigenvalue weighted by molar-refractivity contribution is -0.175. The zero-order valence-corrected chi connectivity index (χ0v) is 20.7. The molecule has 1 atom stereocenters. The van der Waals surface area contributed by atoms with Crippen molar-refractivity contribution in [3.63, 3.8) is 0 Å². The summed E-state index contributed by atoms with van der Waals surface area (Å²) in [4.78, 5) is 31.0. The van der Waals surface area contributed by atoms with Crippen molar-refractivity contribution in [1.29, 1.82) is 0 Å². The number of benzene rings is 3. The number of hydrogen-bond donors (Lipinski definition) is 2. The van der Waals surface area contributed by atoms with Gasteiger partial charge in [-0.25, -0.2) is 4.79 Å². The summed E-state index contributed by atoms with van der Waals surface area (Å²) in [6.45, 7) is -0.0295. The fourth-order valence-corrected chi connectivity index (χ4v) is 4.17. The Morgan fingerprint density at radius 3 is 2.34 bits per heavy atom. The van der Waals surface area contributed by atoms with E-state index in [-0.39, 0.29) is 24.5 Å². The third kappa shape index (κ3) is 5.72. The summed E-state index contributed by atoms with van der Waals surface area (Å²) in [5, 5.41) is 22.0. The van der Waals surface area contributed by atoms with Crippen LogP contribution in [-0.2, 0) is 22.6 Å². The minimum Gasteiger partial charge on any atom is -0.508 e. The fourth-order valence-electron chi connectivity index (χ4n) is 4.04. The van der Waals surface area contributed by atoms with E-state index in [4.69, 9.17) is 25.3 Å². The lowest BCUT2D eigenvalue weighted by Gasteiger charge is -2.26. The third-order valence-electron chi connectivity index (χ3n) is 6.02. The van der Waals surface area contributed by atoms with E-state index in [9.17, 15) is 19.8 Å². The summed E-state index contributed by atoms with van der Waals surface area (Å²) in [5.74, 6) is -2.04.